The van der Waals surface area contributed by atoms with Crippen LogP contribution in [0.4, 0.5) is 4.39 Å². The molecule has 0 spiro atoms. The number of rotatable bonds is 3. The molecular formula is C11H9BrFNO2S. The number of halogens is 2. The first-order valence-corrected chi connectivity index (χ1v) is 6.36. The summed E-state index contributed by atoms with van der Waals surface area (Å²) in [4.78, 5) is 4.21. The molecule has 0 unspecified atom stereocenters. The zero-order valence-corrected chi connectivity index (χ0v) is 11.3. The maximum atomic E-state index is 13.5. The second-order valence-corrected chi connectivity index (χ2v) is 5.56. The molecule has 0 aliphatic rings. The van der Waals surface area contributed by atoms with Crippen LogP contribution >= 0.6 is 27.3 Å². The van der Waals surface area contributed by atoms with Gasteiger partial charge < -0.3 is 9.84 Å². The largest absolute Gasteiger partial charge is 0.494 e. The summed E-state index contributed by atoms with van der Waals surface area (Å²) in [6.07, 6.45) is 0. The van der Waals surface area contributed by atoms with Gasteiger partial charge in [-0.1, -0.05) is 0 Å². The molecule has 2 rings (SSSR count). The molecule has 0 saturated carbocycles. The van der Waals surface area contributed by atoms with E-state index in [-0.39, 0.29) is 12.4 Å². The number of aliphatic hydroxyl groups excluding tert-OH is 1. The van der Waals surface area contributed by atoms with Crippen LogP contribution in [0, 0.1) is 5.82 Å². The van der Waals surface area contributed by atoms with Crippen molar-refractivity contribution in [2.24, 2.45) is 0 Å². The fourth-order valence-electron chi connectivity index (χ4n) is 1.35. The Morgan fingerprint density at radius 2 is 2.29 bits per heavy atom. The highest BCUT2D eigenvalue weighted by molar-refractivity contribution is 9.11. The van der Waals surface area contributed by atoms with Gasteiger partial charge in [-0.15, -0.1) is 11.3 Å². The standard InChI is InChI=1S/C11H9BrFNO2S/c1-16-9-3-2-6(4-7(9)13)11-14-8(5-15)10(12)17-11/h2-4,15H,5H2,1H3. The summed E-state index contributed by atoms with van der Waals surface area (Å²) in [5, 5.41) is 9.69. The molecule has 1 N–H and O–H groups in total. The molecule has 0 saturated heterocycles. The molecule has 1 aromatic heterocycles. The molecule has 6 heteroatoms. The summed E-state index contributed by atoms with van der Waals surface area (Å²) in [6, 6.07) is 4.65. The molecule has 1 heterocycles. The minimum Gasteiger partial charge on any atom is -0.494 e. The summed E-state index contributed by atoms with van der Waals surface area (Å²) >= 11 is 4.65. The second-order valence-electron chi connectivity index (χ2n) is 3.25. The molecule has 90 valence electrons. The Morgan fingerprint density at radius 3 is 2.82 bits per heavy atom. The third kappa shape index (κ3) is 2.48. The molecule has 0 aliphatic heterocycles. The van der Waals surface area contributed by atoms with Gasteiger partial charge in [0, 0.05) is 5.56 Å². The number of methoxy groups -OCH3 is 1. The molecule has 0 amide bonds. The Balaban J connectivity index is 2.42. The molecule has 2 aromatic rings. The van der Waals surface area contributed by atoms with E-state index in [4.69, 9.17) is 9.84 Å². The van der Waals surface area contributed by atoms with Crippen molar-refractivity contribution in [1.29, 1.82) is 0 Å². The molecule has 0 fully saturated rings. The normalized spacial score (nSPS) is 10.6. The van der Waals surface area contributed by atoms with Gasteiger partial charge in [-0.2, -0.15) is 0 Å². The zero-order chi connectivity index (χ0) is 12.4. The van der Waals surface area contributed by atoms with Crippen molar-refractivity contribution in [1.82, 2.24) is 4.98 Å². The highest BCUT2D eigenvalue weighted by Gasteiger charge is 2.12. The van der Waals surface area contributed by atoms with Crippen molar-refractivity contribution in [3.8, 4) is 16.3 Å². The van der Waals surface area contributed by atoms with Crippen LogP contribution in [0.25, 0.3) is 10.6 Å². The number of thiazole rings is 1. The van der Waals surface area contributed by atoms with E-state index in [0.717, 1.165) is 3.79 Å². The predicted octanol–water partition coefficient (Wildman–Crippen LogP) is 3.21. The Bertz CT molecular complexity index is 544. The van der Waals surface area contributed by atoms with Crippen LogP contribution in [0.3, 0.4) is 0 Å². The van der Waals surface area contributed by atoms with Gasteiger partial charge >= 0.3 is 0 Å². The minimum absolute atomic E-state index is 0.143. The van der Waals surface area contributed by atoms with Gasteiger partial charge in [-0.3, -0.25) is 0 Å². The van der Waals surface area contributed by atoms with Gasteiger partial charge in [-0.25, -0.2) is 9.37 Å². The molecule has 1 aromatic carbocycles. The lowest BCUT2D eigenvalue weighted by atomic mass is 10.2. The SMILES string of the molecule is COc1ccc(-c2nc(CO)c(Br)s2)cc1F. The maximum Gasteiger partial charge on any atom is 0.165 e. The Morgan fingerprint density at radius 1 is 1.53 bits per heavy atom. The van der Waals surface area contributed by atoms with Crippen LogP contribution < -0.4 is 4.74 Å². The van der Waals surface area contributed by atoms with Crippen molar-refractivity contribution < 1.29 is 14.2 Å². The van der Waals surface area contributed by atoms with Crippen LogP contribution in [0.5, 0.6) is 5.75 Å². The quantitative estimate of drug-likeness (QED) is 0.945. The monoisotopic (exact) mass is 317 g/mol. The molecule has 0 radical (unpaired) electrons. The number of hydrogen-bond donors (Lipinski definition) is 1. The van der Waals surface area contributed by atoms with Crippen LogP contribution in [0.1, 0.15) is 5.69 Å². The van der Waals surface area contributed by atoms with Gasteiger partial charge in [0.25, 0.3) is 0 Å². The van der Waals surface area contributed by atoms with Gasteiger partial charge in [0.1, 0.15) is 5.01 Å². The lowest BCUT2D eigenvalue weighted by molar-refractivity contribution is 0.277. The fraction of sp³-hybridized carbons (Fsp3) is 0.182. The number of hydrogen-bond acceptors (Lipinski definition) is 4. The first-order valence-electron chi connectivity index (χ1n) is 4.75. The van der Waals surface area contributed by atoms with E-state index in [1.807, 2.05) is 0 Å². The molecule has 17 heavy (non-hydrogen) atoms. The number of aliphatic hydroxyl groups is 1. The van der Waals surface area contributed by atoms with Crippen LogP contribution in [0.15, 0.2) is 22.0 Å². The van der Waals surface area contributed by atoms with Crippen molar-refractivity contribution in [3.05, 3.63) is 33.5 Å². The van der Waals surface area contributed by atoms with E-state index >= 15 is 0 Å². The summed E-state index contributed by atoms with van der Waals surface area (Å²) in [6.45, 7) is -0.143. The van der Waals surface area contributed by atoms with Crippen LogP contribution in [-0.2, 0) is 6.61 Å². The fourth-order valence-corrected chi connectivity index (χ4v) is 2.83. The Hall–Kier alpha value is -0.980. The van der Waals surface area contributed by atoms with Crippen molar-refractivity contribution in [3.63, 3.8) is 0 Å². The third-order valence-electron chi connectivity index (χ3n) is 2.20. The summed E-state index contributed by atoms with van der Waals surface area (Å²) in [7, 11) is 1.42. The van der Waals surface area contributed by atoms with Gasteiger partial charge in [0.15, 0.2) is 11.6 Å². The molecule has 3 nitrogen and oxygen atoms in total. The number of aromatic nitrogens is 1. The average molecular weight is 318 g/mol. The van der Waals surface area contributed by atoms with Crippen molar-refractivity contribution >= 4 is 27.3 Å². The van der Waals surface area contributed by atoms with Gasteiger partial charge in [0.2, 0.25) is 0 Å². The number of nitrogens with zero attached hydrogens (tertiary/aromatic N) is 1. The van der Waals surface area contributed by atoms with E-state index in [9.17, 15) is 4.39 Å². The average Bonchev–Trinajstić information content (AvgIpc) is 2.70. The van der Waals surface area contributed by atoms with E-state index < -0.39 is 5.82 Å². The molecule has 0 atom stereocenters. The summed E-state index contributed by atoms with van der Waals surface area (Å²) in [5.41, 5.74) is 1.22. The molecule has 0 bridgehead atoms. The number of benzene rings is 1. The molecular weight excluding hydrogens is 309 g/mol. The highest BCUT2D eigenvalue weighted by Crippen LogP contribution is 2.33. The Labute approximate surface area is 110 Å². The van der Waals surface area contributed by atoms with Gasteiger partial charge in [0.05, 0.1) is 23.2 Å². The van der Waals surface area contributed by atoms with E-state index in [2.05, 4.69) is 20.9 Å². The van der Waals surface area contributed by atoms with E-state index in [0.29, 0.717) is 16.3 Å². The summed E-state index contributed by atoms with van der Waals surface area (Å²) < 4.78 is 19.1. The first-order chi connectivity index (χ1) is 8.15. The topological polar surface area (TPSA) is 42.4 Å². The van der Waals surface area contributed by atoms with Gasteiger partial charge in [-0.05, 0) is 34.1 Å². The highest BCUT2D eigenvalue weighted by atomic mass is 79.9. The molecule has 0 aliphatic carbocycles. The zero-order valence-electron chi connectivity index (χ0n) is 8.91. The maximum absolute atomic E-state index is 13.5. The smallest absolute Gasteiger partial charge is 0.165 e. The third-order valence-corrected chi connectivity index (χ3v) is 4.08. The van der Waals surface area contributed by atoms with E-state index in [1.165, 1.54) is 24.5 Å². The van der Waals surface area contributed by atoms with Crippen molar-refractivity contribution in [2.75, 3.05) is 7.11 Å². The number of ether oxygens (including phenoxy) is 1. The van der Waals surface area contributed by atoms with E-state index in [1.54, 1.807) is 12.1 Å². The predicted molar refractivity (Wildman–Crippen MR) is 67.7 cm³/mol. The summed E-state index contributed by atoms with van der Waals surface area (Å²) in [5.74, 6) is -0.228. The second kappa shape index (κ2) is 5.12. The first kappa shape index (κ1) is 12.5. The van der Waals surface area contributed by atoms with Crippen LogP contribution in [0.2, 0.25) is 0 Å². The lowest BCUT2D eigenvalue weighted by Gasteiger charge is -2.02. The minimum atomic E-state index is -0.429. The van der Waals surface area contributed by atoms with Crippen molar-refractivity contribution in [2.45, 2.75) is 6.61 Å². The lowest BCUT2D eigenvalue weighted by Crippen LogP contribution is -1.89. The van der Waals surface area contributed by atoms with Crippen LogP contribution in [-0.4, -0.2) is 17.2 Å². The Kier molecular flexibility index (Phi) is 3.76.